The summed E-state index contributed by atoms with van der Waals surface area (Å²) in [4.78, 5) is 0. The maximum absolute atomic E-state index is 5.48. The van der Waals surface area contributed by atoms with E-state index in [-0.39, 0.29) is 12.4 Å². The van der Waals surface area contributed by atoms with E-state index in [0.29, 0.717) is 6.61 Å². The zero-order chi connectivity index (χ0) is 6.62. The van der Waals surface area contributed by atoms with E-state index < -0.39 is 5.72 Å². The number of rotatable bonds is 3. The van der Waals surface area contributed by atoms with Crippen LogP contribution >= 0.6 is 12.4 Å². The molecule has 0 aromatic heterocycles. The third-order valence-corrected chi connectivity index (χ3v) is 0.897. The predicted octanol–water partition coefficient (Wildman–Crippen LogP) is 0.376. The van der Waals surface area contributed by atoms with Crippen molar-refractivity contribution in [1.82, 2.24) is 0 Å². The lowest BCUT2D eigenvalue weighted by Crippen LogP contribution is -2.42. The third kappa shape index (κ3) is 6.05. The van der Waals surface area contributed by atoms with E-state index in [1.54, 1.807) is 21.1 Å². The molecule has 0 aromatic carbocycles. The molecule has 0 saturated heterocycles. The minimum Gasteiger partial charge on any atom is -0.380 e. The van der Waals surface area contributed by atoms with Gasteiger partial charge in [-0.15, -0.1) is 12.4 Å². The summed E-state index contributed by atoms with van der Waals surface area (Å²) in [6.07, 6.45) is 0. The van der Waals surface area contributed by atoms with Gasteiger partial charge in [-0.05, 0) is 6.92 Å². The van der Waals surface area contributed by atoms with E-state index in [1.165, 1.54) is 0 Å². The summed E-state index contributed by atoms with van der Waals surface area (Å²) >= 11 is 0. The quantitative estimate of drug-likeness (QED) is 0.600. The number of ether oxygens (including phenoxy) is 2. The highest BCUT2D eigenvalue weighted by atomic mass is 35.5. The second-order valence-corrected chi connectivity index (χ2v) is 1.95. The lowest BCUT2D eigenvalue weighted by atomic mass is 10.3. The molecule has 0 spiro atoms. The molecule has 1 atom stereocenters. The van der Waals surface area contributed by atoms with Crippen molar-refractivity contribution < 1.29 is 9.47 Å². The Kier molecular flexibility index (Phi) is 6.61. The molecule has 0 heterocycles. The average molecular weight is 156 g/mol. The van der Waals surface area contributed by atoms with Crippen molar-refractivity contribution in [3.63, 3.8) is 0 Å². The third-order valence-electron chi connectivity index (χ3n) is 0.897. The van der Waals surface area contributed by atoms with Crippen molar-refractivity contribution in [1.29, 1.82) is 0 Å². The second kappa shape index (κ2) is 4.99. The van der Waals surface area contributed by atoms with Crippen LogP contribution in [-0.2, 0) is 9.47 Å². The molecule has 2 N–H and O–H groups in total. The Morgan fingerprint density at radius 3 is 2.00 bits per heavy atom. The lowest BCUT2D eigenvalue weighted by molar-refractivity contribution is -0.0461. The molecule has 0 aromatic rings. The topological polar surface area (TPSA) is 44.5 Å². The van der Waals surface area contributed by atoms with Gasteiger partial charge in [-0.25, -0.2) is 0 Å². The van der Waals surface area contributed by atoms with Crippen LogP contribution in [0.25, 0.3) is 0 Å². The Morgan fingerprint density at radius 2 is 1.89 bits per heavy atom. The summed E-state index contributed by atoms with van der Waals surface area (Å²) < 4.78 is 9.58. The van der Waals surface area contributed by atoms with Gasteiger partial charge in [0.05, 0.1) is 6.61 Å². The minimum absolute atomic E-state index is 0. The first-order chi connectivity index (χ1) is 3.62. The highest BCUT2D eigenvalue weighted by molar-refractivity contribution is 5.85. The number of halogens is 1. The first-order valence-electron chi connectivity index (χ1n) is 2.45. The zero-order valence-electron chi connectivity index (χ0n) is 6.01. The van der Waals surface area contributed by atoms with Crippen LogP contribution in [0.5, 0.6) is 0 Å². The largest absolute Gasteiger partial charge is 0.380 e. The Bertz CT molecular complexity index is 68.0. The summed E-state index contributed by atoms with van der Waals surface area (Å²) in [6, 6.07) is 0. The van der Waals surface area contributed by atoms with Crippen LogP contribution in [0.1, 0.15) is 6.92 Å². The van der Waals surface area contributed by atoms with E-state index in [2.05, 4.69) is 0 Å². The van der Waals surface area contributed by atoms with Gasteiger partial charge in [-0.2, -0.15) is 0 Å². The molecule has 4 heteroatoms. The van der Waals surface area contributed by atoms with Crippen LogP contribution in [-0.4, -0.2) is 26.6 Å². The smallest absolute Gasteiger partial charge is 0.137 e. The summed E-state index contributed by atoms with van der Waals surface area (Å²) in [5, 5.41) is 0. The van der Waals surface area contributed by atoms with Crippen molar-refractivity contribution in [2.24, 2.45) is 5.73 Å². The Balaban J connectivity index is 0. The van der Waals surface area contributed by atoms with E-state index in [9.17, 15) is 0 Å². The van der Waals surface area contributed by atoms with Crippen molar-refractivity contribution in [2.45, 2.75) is 12.6 Å². The van der Waals surface area contributed by atoms with Crippen molar-refractivity contribution in [2.75, 3.05) is 20.8 Å². The van der Waals surface area contributed by atoms with Crippen LogP contribution < -0.4 is 5.73 Å². The van der Waals surface area contributed by atoms with Gasteiger partial charge in [0.1, 0.15) is 5.72 Å². The predicted molar refractivity (Wildman–Crippen MR) is 38.7 cm³/mol. The van der Waals surface area contributed by atoms with E-state index in [0.717, 1.165) is 0 Å². The molecule has 58 valence electrons. The van der Waals surface area contributed by atoms with Gasteiger partial charge >= 0.3 is 0 Å². The van der Waals surface area contributed by atoms with Crippen molar-refractivity contribution in [3.05, 3.63) is 0 Å². The molecule has 0 saturated carbocycles. The van der Waals surface area contributed by atoms with Gasteiger partial charge < -0.3 is 15.2 Å². The Morgan fingerprint density at radius 1 is 1.44 bits per heavy atom. The number of hydrogen-bond donors (Lipinski definition) is 1. The molecule has 9 heavy (non-hydrogen) atoms. The lowest BCUT2D eigenvalue weighted by Gasteiger charge is -2.20. The molecular formula is C5H14ClNO2. The molecule has 3 nitrogen and oxygen atoms in total. The summed E-state index contributed by atoms with van der Waals surface area (Å²) in [5.74, 6) is 0. The Hall–Kier alpha value is 0.170. The van der Waals surface area contributed by atoms with Gasteiger partial charge in [0.25, 0.3) is 0 Å². The molecular weight excluding hydrogens is 142 g/mol. The highest BCUT2D eigenvalue weighted by Crippen LogP contribution is 1.97. The van der Waals surface area contributed by atoms with Gasteiger partial charge in [-0.3, -0.25) is 0 Å². The van der Waals surface area contributed by atoms with Crippen molar-refractivity contribution in [3.8, 4) is 0 Å². The van der Waals surface area contributed by atoms with Crippen LogP contribution in [0.4, 0.5) is 0 Å². The fraction of sp³-hybridized carbons (Fsp3) is 1.00. The first-order valence-corrected chi connectivity index (χ1v) is 2.45. The standard InChI is InChI=1S/C5H13NO2.ClH/c1-5(6,8-3)4-7-2;/h4,6H2,1-3H3;1H. The fourth-order valence-corrected chi connectivity index (χ4v) is 0.346. The maximum Gasteiger partial charge on any atom is 0.137 e. The van der Waals surface area contributed by atoms with Crippen LogP contribution in [0.2, 0.25) is 0 Å². The number of nitrogens with two attached hydrogens (primary N) is 1. The average Bonchev–Trinajstić information content (AvgIpc) is 1.67. The molecule has 0 aliphatic rings. The van der Waals surface area contributed by atoms with Crippen molar-refractivity contribution >= 4 is 12.4 Å². The van der Waals surface area contributed by atoms with E-state index >= 15 is 0 Å². The molecule has 0 fully saturated rings. The van der Waals surface area contributed by atoms with Crippen LogP contribution in [0, 0.1) is 0 Å². The maximum atomic E-state index is 5.48. The number of hydrogen-bond acceptors (Lipinski definition) is 3. The normalized spacial score (nSPS) is 16.0. The summed E-state index contributed by atoms with van der Waals surface area (Å²) in [5.41, 5.74) is 4.85. The molecule has 0 amide bonds. The molecule has 0 radical (unpaired) electrons. The Labute approximate surface area is 61.9 Å². The minimum atomic E-state index is -0.630. The molecule has 1 unspecified atom stereocenters. The molecule has 0 aliphatic carbocycles. The van der Waals surface area contributed by atoms with E-state index in [4.69, 9.17) is 15.2 Å². The number of methoxy groups -OCH3 is 2. The van der Waals surface area contributed by atoms with Gasteiger partial charge in [0.15, 0.2) is 0 Å². The molecule has 0 aliphatic heterocycles. The summed E-state index contributed by atoms with van der Waals surface area (Å²) in [6.45, 7) is 2.18. The monoisotopic (exact) mass is 155 g/mol. The van der Waals surface area contributed by atoms with Crippen LogP contribution in [0.3, 0.4) is 0 Å². The second-order valence-electron chi connectivity index (χ2n) is 1.95. The summed E-state index contributed by atoms with van der Waals surface area (Å²) in [7, 11) is 3.14. The first kappa shape index (κ1) is 11.9. The van der Waals surface area contributed by atoms with Gasteiger partial charge in [-0.1, -0.05) is 0 Å². The SMILES string of the molecule is COCC(C)(N)OC.Cl. The van der Waals surface area contributed by atoms with Crippen LogP contribution in [0.15, 0.2) is 0 Å². The highest BCUT2D eigenvalue weighted by Gasteiger charge is 2.14. The van der Waals surface area contributed by atoms with Gasteiger partial charge in [0.2, 0.25) is 0 Å². The molecule has 0 bridgehead atoms. The fourth-order valence-electron chi connectivity index (χ4n) is 0.346. The zero-order valence-corrected chi connectivity index (χ0v) is 6.83. The van der Waals surface area contributed by atoms with E-state index in [1.807, 2.05) is 0 Å². The molecule has 0 rings (SSSR count). The van der Waals surface area contributed by atoms with Gasteiger partial charge in [0, 0.05) is 14.2 Å².